The van der Waals surface area contributed by atoms with E-state index in [0.29, 0.717) is 5.56 Å². The van der Waals surface area contributed by atoms with Gasteiger partial charge in [0.1, 0.15) is 5.82 Å². The molecule has 0 fully saturated rings. The van der Waals surface area contributed by atoms with Gasteiger partial charge >= 0.3 is 0 Å². The van der Waals surface area contributed by atoms with E-state index in [1.807, 2.05) is 0 Å². The molecular formula is C12H17FO3S. The van der Waals surface area contributed by atoms with Gasteiger partial charge in [0.2, 0.25) is 0 Å². The zero-order chi connectivity index (χ0) is 13.4. The van der Waals surface area contributed by atoms with Crippen LogP contribution in [0.4, 0.5) is 4.39 Å². The Morgan fingerprint density at radius 3 is 2.29 bits per heavy atom. The van der Waals surface area contributed by atoms with Gasteiger partial charge in [-0.15, -0.1) is 0 Å². The number of sulfone groups is 1. The Labute approximate surface area is 101 Å². The van der Waals surface area contributed by atoms with Crippen LogP contribution in [0.1, 0.15) is 25.0 Å². The molecule has 0 bridgehead atoms. The molecule has 0 aromatic heterocycles. The Hall–Kier alpha value is -0.940. The molecule has 96 valence electrons. The fraction of sp³-hybridized carbons (Fsp3) is 0.500. The van der Waals surface area contributed by atoms with Crippen LogP contribution in [0.5, 0.6) is 0 Å². The lowest BCUT2D eigenvalue weighted by atomic mass is 9.85. The molecule has 0 heterocycles. The number of halogens is 1. The topological polar surface area (TPSA) is 54.4 Å². The van der Waals surface area contributed by atoms with Gasteiger partial charge in [-0.2, -0.15) is 0 Å². The highest BCUT2D eigenvalue weighted by molar-refractivity contribution is 7.90. The number of aliphatic hydroxyl groups is 1. The molecule has 1 N–H and O–H groups in total. The van der Waals surface area contributed by atoms with Gasteiger partial charge in [-0.1, -0.05) is 13.8 Å². The number of hydrogen-bond acceptors (Lipinski definition) is 3. The standard InChI is InChI=1S/C12H17FO3S/c1-8-5-10(13)9(12(2,3)7-14)6-11(8)17(4,15)16/h5-6,14H,7H2,1-4H3. The van der Waals surface area contributed by atoms with Gasteiger partial charge < -0.3 is 5.11 Å². The van der Waals surface area contributed by atoms with E-state index in [4.69, 9.17) is 0 Å². The summed E-state index contributed by atoms with van der Waals surface area (Å²) in [5.74, 6) is -0.492. The summed E-state index contributed by atoms with van der Waals surface area (Å²) in [5.41, 5.74) is -0.217. The van der Waals surface area contributed by atoms with Crippen LogP contribution < -0.4 is 0 Å². The third-order valence-electron chi connectivity index (χ3n) is 2.79. The van der Waals surface area contributed by atoms with Crippen molar-refractivity contribution in [3.05, 3.63) is 29.1 Å². The maximum Gasteiger partial charge on any atom is 0.175 e. The molecule has 0 atom stereocenters. The molecule has 1 rings (SSSR count). The van der Waals surface area contributed by atoms with Crippen LogP contribution in [-0.4, -0.2) is 26.4 Å². The van der Waals surface area contributed by atoms with Crippen molar-refractivity contribution in [2.75, 3.05) is 12.9 Å². The molecule has 0 radical (unpaired) electrons. The van der Waals surface area contributed by atoms with E-state index >= 15 is 0 Å². The van der Waals surface area contributed by atoms with E-state index in [0.717, 1.165) is 6.26 Å². The fourth-order valence-corrected chi connectivity index (χ4v) is 2.63. The number of aryl methyl sites for hydroxylation is 1. The SMILES string of the molecule is Cc1cc(F)c(C(C)(C)CO)cc1S(C)(=O)=O. The molecular weight excluding hydrogens is 243 g/mol. The van der Waals surface area contributed by atoms with Crippen LogP contribution >= 0.6 is 0 Å². The van der Waals surface area contributed by atoms with Crippen LogP contribution in [0.15, 0.2) is 17.0 Å². The summed E-state index contributed by atoms with van der Waals surface area (Å²) in [6.07, 6.45) is 1.09. The van der Waals surface area contributed by atoms with Gasteiger partial charge in [-0.3, -0.25) is 0 Å². The van der Waals surface area contributed by atoms with Crippen molar-refractivity contribution >= 4 is 9.84 Å². The second kappa shape index (κ2) is 4.38. The summed E-state index contributed by atoms with van der Waals surface area (Å²) < 4.78 is 36.9. The maximum absolute atomic E-state index is 13.8. The van der Waals surface area contributed by atoms with Crippen LogP contribution in [0.2, 0.25) is 0 Å². The lowest BCUT2D eigenvalue weighted by molar-refractivity contribution is 0.214. The molecule has 5 heteroatoms. The summed E-state index contributed by atoms with van der Waals surface area (Å²) >= 11 is 0. The summed E-state index contributed by atoms with van der Waals surface area (Å²) in [4.78, 5) is 0.107. The first-order valence-electron chi connectivity index (χ1n) is 5.21. The van der Waals surface area contributed by atoms with Crippen LogP contribution in [0.25, 0.3) is 0 Å². The van der Waals surface area contributed by atoms with Crippen molar-refractivity contribution in [1.29, 1.82) is 0 Å². The molecule has 0 unspecified atom stereocenters. The van der Waals surface area contributed by atoms with E-state index in [2.05, 4.69) is 0 Å². The fourth-order valence-electron chi connectivity index (χ4n) is 1.66. The second-order valence-electron chi connectivity index (χ2n) is 4.91. The van der Waals surface area contributed by atoms with Gasteiger partial charge in [0.25, 0.3) is 0 Å². The first-order chi connectivity index (χ1) is 7.59. The second-order valence-corrected chi connectivity index (χ2v) is 6.90. The summed E-state index contributed by atoms with van der Waals surface area (Å²) in [7, 11) is -3.39. The molecule has 1 aromatic rings. The van der Waals surface area contributed by atoms with Gasteiger partial charge in [0.05, 0.1) is 11.5 Å². The molecule has 0 aliphatic heterocycles. The minimum absolute atomic E-state index is 0.107. The van der Waals surface area contributed by atoms with Gasteiger partial charge in [0, 0.05) is 11.7 Å². The minimum Gasteiger partial charge on any atom is -0.395 e. The van der Waals surface area contributed by atoms with Crippen LogP contribution in [0.3, 0.4) is 0 Å². The van der Waals surface area contributed by atoms with Crippen LogP contribution in [-0.2, 0) is 15.3 Å². The number of benzene rings is 1. The highest BCUT2D eigenvalue weighted by Gasteiger charge is 2.26. The summed E-state index contributed by atoms with van der Waals surface area (Å²) in [5, 5.41) is 9.22. The largest absolute Gasteiger partial charge is 0.395 e. The van der Waals surface area contributed by atoms with Gasteiger partial charge in [0.15, 0.2) is 9.84 Å². The van der Waals surface area contributed by atoms with Crippen molar-refractivity contribution in [2.45, 2.75) is 31.1 Å². The maximum atomic E-state index is 13.8. The van der Waals surface area contributed by atoms with Crippen molar-refractivity contribution < 1.29 is 17.9 Å². The Bertz CT molecular complexity index is 533. The van der Waals surface area contributed by atoms with Gasteiger partial charge in [-0.25, -0.2) is 12.8 Å². The molecule has 0 amide bonds. The van der Waals surface area contributed by atoms with Crippen molar-refractivity contribution in [3.63, 3.8) is 0 Å². The zero-order valence-electron chi connectivity index (χ0n) is 10.4. The average molecular weight is 260 g/mol. The Morgan fingerprint density at radius 1 is 1.35 bits per heavy atom. The van der Waals surface area contributed by atoms with E-state index in [1.165, 1.54) is 12.1 Å². The quantitative estimate of drug-likeness (QED) is 0.843. The van der Waals surface area contributed by atoms with Crippen LogP contribution in [0, 0.1) is 12.7 Å². The predicted molar refractivity (Wildman–Crippen MR) is 64.4 cm³/mol. The third kappa shape index (κ3) is 2.84. The van der Waals surface area contributed by atoms with Crippen molar-refractivity contribution in [1.82, 2.24) is 0 Å². The highest BCUT2D eigenvalue weighted by atomic mass is 32.2. The minimum atomic E-state index is -3.39. The van der Waals surface area contributed by atoms with E-state index < -0.39 is 21.1 Å². The molecule has 17 heavy (non-hydrogen) atoms. The highest BCUT2D eigenvalue weighted by Crippen LogP contribution is 2.29. The van der Waals surface area contributed by atoms with E-state index in [-0.39, 0.29) is 17.1 Å². The number of hydrogen-bond donors (Lipinski definition) is 1. The summed E-state index contributed by atoms with van der Waals surface area (Å²) in [6.45, 7) is 4.62. The van der Waals surface area contributed by atoms with E-state index in [1.54, 1.807) is 20.8 Å². The molecule has 0 aliphatic rings. The normalized spacial score (nSPS) is 12.8. The first-order valence-corrected chi connectivity index (χ1v) is 7.10. The van der Waals surface area contributed by atoms with E-state index in [9.17, 15) is 17.9 Å². The lowest BCUT2D eigenvalue weighted by Crippen LogP contribution is -2.24. The molecule has 0 spiro atoms. The van der Waals surface area contributed by atoms with Crippen molar-refractivity contribution in [2.24, 2.45) is 0 Å². The third-order valence-corrected chi connectivity index (χ3v) is 4.03. The Kier molecular flexibility index (Phi) is 3.64. The smallest absolute Gasteiger partial charge is 0.175 e. The van der Waals surface area contributed by atoms with Crippen molar-refractivity contribution in [3.8, 4) is 0 Å². The average Bonchev–Trinajstić information content (AvgIpc) is 2.15. The predicted octanol–water partition coefficient (Wildman–Crippen LogP) is 1.81. The Morgan fingerprint density at radius 2 is 1.88 bits per heavy atom. The lowest BCUT2D eigenvalue weighted by Gasteiger charge is -2.24. The Balaban J connectivity index is 3.56. The molecule has 1 aromatic carbocycles. The zero-order valence-corrected chi connectivity index (χ0v) is 11.2. The first kappa shape index (κ1) is 14.1. The molecule has 3 nitrogen and oxygen atoms in total. The molecule has 0 saturated carbocycles. The number of rotatable bonds is 3. The van der Waals surface area contributed by atoms with Gasteiger partial charge in [-0.05, 0) is 30.2 Å². The summed E-state index contributed by atoms with van der Waals surface area (Å²) in [6, 6.07) is 2.51. The monoisotopic (exact) mass is 260 g/mol. The molecule has 0 aliphatic carbocycles. The molecule has 0 saturated heterocycles. The number of aliphatic hydroxyl groups excluding tert-OH is 1.